The molecule has 3 rings (SSSR count). The monoisotopic (exact) mass is 415 g/mol. The van der Waals surface area contributed by atoms with Gasteiger partial charge in [-0.1, -0.05) is 68.1 Å². The molecule has 30 heavy (non-hydrogen) atoms. The highest BCUT2D eigenvalue weighted by molar-refractivity contribution is 8.00. The van der Waals surface area contributed by atoms with Crippen LogP contribution in [0.3, 0.4) is 0 Å². The van der Waals surface area contributed by atoms with Gasteiger partial charge in [0.2, 0.25) is 5.91 Å². The van der Waals surface area contributed by atoms with Crippen LogP contribution in [0, 0.1) is 25.2 Å². The Labute approximate surface area is 182 Å². The molecule has 1 heterocycles. The second-order valence-electron chi connectivity index (χ2n) is 7.55. The quantitative estimate of drug-likeness (QED) is 0.489. The van der Waals surface area contributed by atoms with E-state index < -0.39 is 5.25 Å². The van der Waals surface area contributed by atoms with E-state index in [1.54, 1.807) is 0 Å². The maximum Gasteiger partial charge on any atom is 0.242 e. The van der Waals surface area contributed by atoms with Crippen LogP contribution >= 0.6 is 11.8 Å². The summed E-state index contributed by atoms with van der Waals surface area (Å²) in [7, 11) is 0. The molecule has 0 radical (unpaired) electrons. The van der Waals surface area contributed by atoms with Gasteiger partial charge in [-0.05, 0) is 54.7 Å². The molecule has 1 unspecified atom stereocenters. The van der Waals surface area contributed by atoms with E-state index >= 15 is 0 Å². The summed E-state index contributed by atoms with van der Waals surface area (Å²) in [6.45, 7) is 8.07. The van der Waals surface area contributed by atoms with Gasteiger partial charge in [0.25, 0.3) is 0 Å². The van der Waals surface area contributed by atoms with Gasteiger partial charge in [-0.3, -0.25) is 4.79 Å². The Balaban J connectivity index is 1.92. The number of nitrogens with zero attached hydrogens (tertiary/aromatic N) is 2. The van der Waals surface area contributed by atoms with Crippen molar-refractivity contribution < 1.29 is 4.79 Å². The maximum atomic E-state index is 13.3. The Bertz CT molecular complexity index is 1070. The van der Waals surface area contributed by atoms with E-state index in [1.165, 1.54) is 17.3 Å². The van der Waals surface area contributed by atoms with Gasteiger partial charge < -0.3 is 5.32 Å². The topological polar surface area (TPSA) is 65.8 Å². The maximum absolute atomic E-state index is 13.3. The molecule has 0 aliphatic carbocycles. The number of aryl methyl sites for hydroxylation is 2. The predicted molar refractivity (Wildman–Crippen MR) is 123 cm³/mol. The van der Waals surface area contributed by atoms with Crippen molar-refractivity contribution in [2.75, 3.05) is 5.32 Å². The summed E-state index contributed by atoms with van der Waals surface area (Å²) < 4.78 is 0. The van der Waals surface area contributed by atoms with Crippen molar-refractivity contribution in [3.05, 3.63) is 88.6 Å². The van der Waals surface area contributed by atoms with E-state index in [0.29, 0.717) is 16.5 Å². The summed E-state index contributed by atoms with van der Waals surface area (Å²) in [5.74, 6) is 0.288. The van der Waals surface area contributed by atoms with E-state index in [0.717, 1.165) is 22.5 Å². The molecule has 0 saturated heterocycles. The zero-order chi connectivity index (χ0) is 21.7. The van der Waals surface area contributed by atoms with Crippen molar-refractivity contribution in [3.8, 4) is 6.07 Å². The molecule has 0 aliphatic rings. The van der Waals surface area contributed by atoms with Gasteiger partial charge in [-0.25, -0.2) is 4.98 Å². The van der Waals surface area contributed by atoms with Gasteiger partial charge in [0.05, 0.1) is 5.56 Å². The Kier molecular flexibility index (Phi) is 6.91. The molecule has 0 saturated carbocycles. The van der Waals surface area contributed by atoms with Crippen LogP contribution in [0.4, 0.5) is 5.69 Å². The molecule has 2 aromatic carbocycles. The first kappa shape index (κ1) is 21.6. The number of carbonyl (C=O) groups excluding carboxylic acids is 1. The summed E-state index contributed by atoms with van der Waals surface area (Å²) >= 11 is 1.31. The van der Waals surface area contributed by atoms with E-state index in [4.69, 9.17) is 0 Å². The molecule has 0 spiro atoms. The fraction of sp³-hybridized carbons (Fsp3) is 0.240. The van der Waals surface area contributed by atoms with Crippen molar-refractivity contribution in [2.24, 2.45) is 0 Å². The highest BCUT2D eigenvalue weighted by Crippen LogP contribution is 2.37. The highest BCUT2D eigenvalue weighted by atomic mass is 32.2. The lowest BCUT2D eigenvalue weighted by Gasteiger charge is -2.18. The van der Waals surface area contributed by atoms with Crippen LogP contribution in [0.25, 0.3) is 0 Å². The number of hydrogen-bond donors (Lipinski definition) is 1. The van der Waals surface area contributed by atoms with Crippen LogP contribution in [0.5, 0.6) is 0 Å². The summed E-state index contributed by atoms with van der Waals surface area (Å²) in [4.78, 5) is 17.8. The Morgan fingerprint density at radius 2 is 1.70 bits per heavy atom. The minimum atomic E-state index is -0.531. The smallest absolute Gasteiger partial charge is 0.242 e. The zero-order valence-electron chi connectivity index (χ0n) is 17.6. The third-order valence-corrected chi connectivity index (χ3v) is 6.08. The summed E-state index contributed by atoms with van der Waals surface area (Å²) in [5.41, 5.74) is 5.04. The second kappa shape index (κ2) is 9.60. The first-order chi connectivity index (χ1) is 14.4. The van der Waals surface area contributed by atoms with Crippen LogP contribution in [0.15, 0.2) is 65.7 Å². The van der Waals surface area contributed by atoms with Crippen molar-refractivity contribution >= 4 is 23.4 Å². The number of aromatic nitrogens is 1. The lowest BCUT2D eigenvalue weighted by molar-refractivity contribution is -0.115. The van der Waals surface area contributed by atoms with Crippen LogP contribution in [-0.4, -0.2) is 10.9 Å². The van der Waals surface area contributed by atoms with Crippen molar-refractivity contribution in [3.63, 3.8) is 0 Å². The fourth-order valence-corrected chi connectivity index (χ4v) is 4.40. The van der Waals surface area contributed by atoms with Gasteiger partial charge >= 0.3 is 0 Å². The van der Waals surface area contributed by atoms with Crippen LogP contribution in [-0.2, 0) is 4.79 Å². The molecule has 152 valence electrons. The largest absolute Gasteiger partial charge is 0.325 e. The van der Waals surface area contributed by atoms with Crippen molar-refractivity contribution in [1.29, 1.82) is 5.26 Å². The molecular formula is C25H25N3OS. The number of nitrogens with one attached hydrogen (secondary N) is 1. The molecule has 5 heteroatoms. The van der Waals surface area contributed by atoms with E-state index in [-0.39, 0.29) is 5.91 Å². The van der Waals surface area contributed by atoms with E-state index in [9.17, 15) is 10.1 Å². The lowest BCUT2D eigenvalue weighted by Crippen LogP contribution is -2.19. The number of pyridine rings is 1. The second-order valence-corrected chi connectivity index (χ2v) is 8.64. The average molecular weight is 416 g/mol. The van der Waals surface area contributed by atoms with E-state index in [1.807, 2.05) is 74.5 Å². The minimum Gasteiger partial charge on any atom is -0.325 e. The molecule has 0 bridgehead atoms. The predicted octanol–water partition coefficient (Wildman–Crippen LogP) is 6.17. The molecule has 0 fully saturated rings. The van der Waals surface area contributed by atoms with Crippen LogP contribution in [0.1, 0.15) is 53.0 Å². The number of hydrogen-bond acceptors (Lipinski definition) is 4. The summed E-state index contributed by atoms with van der Waals surface area (Å²) in [5, 5.41) is 12.7. The molecule has 0 aliphatic heterocycles. The number of thioether (sulfide) groups is 1. The average Bonchev–Trinajstić information content (AvgIpc) is 2.72. The highest BCUT2D eigenvalue weighted by Gasteiger charge is 2.25. The summed E-state index contributed by atoms with van der Waals surface area (Å²) in [6.07, 6.45) is 0. The third-order valence-electron chi connectivity index (χ3n) is 4.84. The standard InChI is InChI=1S/C25H25N3OS/c1-16(2)19-10-12-21(13-11-19)28-24(29)23(20-8-6-5-7-9-20)30-25-22(15-26)17(3)14-18(4)27-25/h5-14,16,23H,1-4H3,(H,28,29). The van der Waals surface area contributed by atoms with Gasteiger partial charge in [0, 0.05) is 11.4 Å². The Morgan fingerprint density at radius 3 is 2.30 bits per heavy atom. The normalized spacial score (nSPS) is 11.7. The number of anilines is 1. The molecule has 1 N–H and O–H groups in total. The SMILES string of the molecule is Cc1cc(C)c(C#N)c(SC(C(=O)Nc2ccc(C(C)C)cc2)c2ccccc2)n1. The number of nitriles is 1. The van der Waals surface area contributed by atoms with Gasteiger partial charge in [-0.2, -0.15) is 5.26 Å². The molecule has 3 aromatic rings. The third kappa shape index (κ3) is 5.08. The molecule has 1 amide bonds. The summed E-state index contributed by atoms with van der Waals surface area (Å²) in [6, 6.07) is 21.6. The number of carbonyl (C=O) groups is 1. The van der Waals surface area contributed by atoms with Crippen LogP contribution < -0.4 is 5.32 Å². The Morgan fingerprint density at radius 1 is 1.03 bits per heavy atom. The van der Waals surface area contributed by atoms with Crippen LogP contribution in [0.2, 0.25) is 0 Å². The Hall–Kier alpha value is -3.10. The number of amides is 1. The zero-order valence-corrected chi connectivity index (χ0v) is 18.5. The molecular weight excluding hydrogens is 390 g/mol. The minimum absolute atomic E-state index is 0.145. The van der Waals surface area contributed by atoms with E-state index in [2.05, 4.69) is 30.2 Å². The molecule has 4 nitrogen and oxygen atoms in total. The first-order valence-electron chi connectivity index (χ1n) is 9.89. The first-order valence-corrected chi connectivity index (χ1v) is 10.8. The lowest BCUT2D eigenvalue weighted by atomic mass is 10.0. The molecule has 1 aromatic heterocycles. The van der Waals surface area contributed by atoms with Gasteiger partial charge in [0.1, 0.15) is 16.3 Å². The van der Waals surface area contributed by atoms with Gasteiger partial charge in [0.15, 0.2) is 0 Å². The number of benzene rings is 2. The number of rotatable bonds is 6. The fourth-order valence-electron chi connectivity index (χ4n) is 3.20. The van der Waals surface area contributed by atoms with Crippen molar-refractivity contribution in [2.45, 2.75) is 43.9 Å². The molecule has 1 atom stereocenters. The van der Waals surface area contributed by atoms with Gasteiger partial charge in [-0.15, -0.1) is 0 Å². The van der Waals surface area contributed by atoms with Crippen molar-refractivity contribution in [1.82, 2.24) is 4.98 Å².